The van der Waals surface area contributed by atoms with Crippen LogP contribution in [-0.2, 0) is 6.42 Å². The highest BCUT2D eigenvalue weighted by Crippen LogP contribution is 2.15. The highest BCUT2D eigenvalue weighted by Gasteiger charge is 2.02. The van der Waals surface area contributed by atoms with Crippen molar-refractivity contribution in [3.05, 3.63) is 72.4 Å². The Balaban J connectivity index is 1.80. The molecule has 0 amide bonds. The zero-order valence-corrected chi connectivity index (χ0v) is 10.3. The maximum absolute atomic E-state index is 4.25. The number of benzene rings is 1. The van der Waals surface area contributed by atoms with Crippen LogP contribution in [0.4, 0.5) is 0 Å². The zero-order chi connectivity index (χ0) is 12.9. The molecule has 0 aliphatic carbocycles. The third kappa shape index (κ3) is 2.80. The minimum Gasteiger partial charge on any atom is -0.245 e. The molecular formula is C15H12N4. The van der Waals surface area contributed by atoms with Gasteiger partial charge in [0.2, 0.25) is 0 Å². The lowest BCUT2D eigenvalue weighted by molar-refractivity contribution is 0.931. The summed E-state index contributed by atoms with van der Waals surface area (Å²) >= 11 is 0. The van der Waals surface area contributed by atoms with Crippen LogP contribution in [0.1, 0.15) is 11.3 Å². The molecule has 92 valence electrons. The summed E-state index contributed by atoms with van der Waals surface area (Å²) < 4.78 is 0. The van der Waals surface area contributed by atoms with E-state index in [4.69, 9.17) is 0 Å². The summed E-state index contributed by atoms with van der Waals surface area (Å²) in [6.45, 7) is 0. The van der Waals surface area contributed by atoms with E-state index >= 15 is 0 Å². The van der Waals surface area contributed by atoms with Gasteiger partial charge in [-0.25, -0.2) is 9.97 Å². The number of hydrogen-bond donors (Lipinski definition) is 0. The average Bonchev–Trinajstić information content (AvgIpc) is 2.50. The van der Waals surface area contributed by atoms with Gasteiger partial charge in [0.05, 0.1) is 11.4 Å². The lowest BCUT2D eigenvalue weighted by Crippen LogP contribution is -1.96. The number of nitrogens with zero attached hydrogens (tertiary/aromatic N) is 4. The first-order valence-corrected chi connectivity index (χ1v) is 6.04. The summed E-state index contributed by atoms with van der Waals surface area (Å²) in [6, 6.07) is 14.0. The Kier molecular flexibility index (Phi) is 3.23. The van der Waals surface area contributed by atoms with Crippen molar-refractivity contribution in [1.29, 1.82) is 0 Å². The molecule has 0 spiro atoms. The Morgan fingerprint density at radius 1 is 0.789 bits per heavy atom. The first-order valence-electron chi connectivity index (χ1n) is 6.04. The first kappa shape index (κ1) is 11.5. The topological polar surface area (TPSA) is 51.6 Å². The lowest BCUT2D eigenvalue weighted by atomic mass is 10.1. The van der Waals surface area contributed by atoms with Crippen LogP contribution in [0.5, 0.6) is 0 Å². The predicted molar refractivity (Wildman–Crippen MR) is 72.3 cm³/mol. The highest BCUT2D eigenvalue weighted by molar-refractivity contribution is 5.57. The molecule has 0 saturated heterocycles. The van der Waals surface area contributed by atoms with E-state index in [0.29, 0.717) is 6.42 Å². The van der Waals surface area contributed by atoms with Gasteiger partial charge in [-0.1, -0.05) is 30.3 Å². The van der Waals surface area contributed by atoms with Gasteiger partial charge in [-0.2, -0.15) is 10.2 Å². The summed E-state index contributed by atoms with van der Waals surface area (Å²) in [5.41, 5.74) is 3.90. The maximum Gasteiger partial charge on any atom is 0.115 e. The molecule has 0 atom stereocenters. The molecule has 19 heavy (non-hydrogen) atoms. The van der Waals surface area contributed by atoms with Gasteiger partial charge in [0.1, 0.15) is 6.33 Å². The van der Waals surface area contributed by atoms with Crippen LogP contribution in [0.2, 0.25) is 0 Å². The van der Waals surface area contributed by atoms with E-state index in [1.54, 1.807) is 12.4 Å². The average molecular weight is 248 g/mol. The molecule has 3 aromatic rings. The molecule has 4 nitrogen and oxygen atoms in total. The van der Waals surface area contributed by atoms with Crippen molar-refractivity contribution in [3.63, 3.8) is 0 Å². The van der Waals surface area contributed by atoms with E-state index in [1.165, 1.54) is 6.33 Å². The van der Waals surface area contributed by atoms with Crippen molar-refractivity contribution in [1.82, 2.24) is 20.2 Å². The van der Waals surface area contributed by atoms with Crippen molar-refractivity contribution < 1.29 is 0 Å². The Bertz CT molecular complexity index is 636. The Morgan fingerprint density at radius 2 is 1.58 bits per heavy atom. The van der Waals surface area contributed by atoms with Crippen molar-refractivity contribution in [3.8, 4) is 11.3 Å². The third-order valence-electron chi connectivity index (χ3n) is 2.79. The number of hydrogen-bond acceptors (Lipinski definition) is 4. The van der Waals surface area contributed by atoms with Gasteiger partial charge in [-0.15, -0.1) is 0 Å². The second-order valence-electron chi connectivity index (χ2n) is 4.20. The summed E-state index contributed by atoms with van der Waals surface area (Å²) in [6.07, 6.45) is 5.80. The van der Waals surface area contributed by atoms with E-state index in [-0.39, 0.29) is 0 Å². The van der Waals surface area contributed by atoms with E-state index in [9.17, 15) is 0 Å². The summed E-state index contributed by atoms with van der Waals surface area (Å²) in [4.78, 5) is 7.97. The largest absolute Gasteiger partial charge is 0.245 e. The molecule has 0 aliphatic heterocycles. The van der Waals surface area contributed by atoms with Crippen molar-refractivity contribution in [2.24, 2.45) is 0 Å². The van der Waals surface area contributed by atoms with Gasteiger partial charge in [0.25, 0.3) is 0 Å². The van der Waals surface area contributed by atoms with Gasteiger partial charge in [0, 0.05) is 24.4 Å². The molecule has 0 aliphatic rings. The molecule has 2 aromatic heterocycles. The zero-order valence-electron chi connectivity index (χ0n) is 10.3. The molecule has 3 rings (SSSR count). The van der Waals surface area contributed by atoms with Crippen LogP contribution in [0, 0.1) is 0 Å². The normalized spacial score (nSPS) is 10.3. The van der Waals surface area contributed by atoms with Crippen molar-refractivity contribution >= 4 is 0 Å². The molecule has 4 heteroatoms. The van der Waals surface area contributed by atoms with E-state index < -0.39 is 0 Å². The van der Waals surface area contributed by atoms with Crippen LogP contribution in [0.25, 0.3) is 11.3 Å². The van der Waals surface area contributed by atoms with Gasteiger partial charge in [0.15, 0.2) is 0 Å². The fraction of sp³-hybridized carbons (Fsp3) is 0.0667. The molecule has 0 unspecified atom stereocenters. The smallest absolute Gasteiger partial charge is 0.115 e. The van der Waals surface area contributed by atoms with Crippen LogP contribution < -0.4 is 0 Å². The summed E-state index contributed by atoms with van der Waals surface area (Å²) in [5, 5.41) is 8.50. The van der Waals surface area contributed by atoms with E-state index in [1.807, 2.05) is 42.5 Å². The standard InChI is InChI=1S/C15H12N4/c1-2-4-13(5-3-1)15-7-6-14(18-19-15)8-12-9-16-11-17-10-12/h1-7,9-11H,8H2. The predicted octanol–water partition coefficient (Wildman–Crippen LogP) is 2.52. The second kappa shape index (κ2) is 5.35. The Labute approximate surface area is 111 Å². The molecule has 1 aromatic carbocycles. The Morgan fingerprint density at radius 3 is 2.26 bits per heavy atom. The molecule has 0 N–H and O–H groups in total. The number of rotatable bonds is 3. The van der Waals surface area contributed by atoms with Gasteiger partial charge in [-0.05, 0) is 17.7 Å². The van der Waals surface area contributed by atoms with E-state index in [2.05, 4.69) is 20.2 Å². The van der Waals surface area contributed by atoms with Gasteiger partial charge in [-0.3, -0.25) is 0 Å². The lowest BCUT2D eigenvalue weighted by Gasteiger charge is -2.02. The SMILES string of the molecule is c1ccc(-c2ccc(Cc3cncnc3)nn2)cc1. The summed E-state index contributed by atoms with van der Waals surface area (Å²) in [7, 11) is 0. The molecule has 0 fully saturated rings. The Hall–Kier alpha value is -2.62. The van der Waals surface area contributed by atoms with Crippen LogP contribution >= 0.6 is 0 Å². The monoisotopic (exact) mass is 248 g/mol. The van der Waals surface area contributed by atoms with Crippen molar-refractivity contribution in [2.75, 3.05) is 0 Å². The third-order valence-corrected chi connectivity index (χ3v) is 2.79. The minimum absolute atomic E-state index is 0.697. The molecule has 2 heterocycles. The van der Waals surface area contributed by atoms with Crippen LogP contribution in [-0.4, -0.2) is 20.2 Å². The van der Waals surface area contributed by atoms with Gasteiger partial charge < -0.3 is 0 Å². The maximum atomic E-state index is 4.25. The molecule has 0 radical (unpaired) electrons. The fourth-order valence-corrected chi connectivity index (χ4v) is 1.85. The van der Waals surface area contributed by atoms with Gasteiger partial charge >= 0.3 is 0 Å². The number of aromatic nitrogens is 4. The van der Waals surface area contributed by atoms with Crippen molar-refractivity contribution in [2.45, 2.75) is 6.42 Å². The first-order chi connectivity index (χ1) is 9.42. The minimum atomic E-state index is 0.697. The van der Waals surface area contributed by atoms with Crippen LogP contribution in [0.15, 0.2) is 61.2 Å². The fourth-order valence-electron chi connectivity index (χ4n) is 1.85. The summed E-state index contributed by atoms with van der Waals surface area (Å²) in [5.74, 6) is 0. The quantitative estimate of drug-likeness (QED) is 0.714. The molecule has 0 bridgehead atoms. The highest BCUT2D eigenvalue weighted by atomic mass is 15.1. The molecular weight excluding hydrogens is 236 g/mol. The van der Waals surface area contributed by atoms with Crippen LogP contribution in [0.3, 0.4) is 0 Å². The second-order valence-corrected chi connectivity index (χ2v) is 4.20. The molecule has 0 saturated carbocycles. The van der Waals surface area contributed by atoms with E-state index in [0.717, 1.165) is 22.5 Å².